The summed E-state index contributed by atoms with van der Waals surface area (Å²) in [6.07, 6.45) is 10.0. The number of amides is 2. The van der Waals surface area contributed by atoms with E-state index in [9.17, 15) is 4.79 Å². The predicted octanol–water partition coefficient (Wildman–Crippen LogP) is 1.24. The normalized spacial score (nSPS) is 25.5. The molecule has 20 heavy (non-hydrogen) atoms. The van der Waals surface area contributed by atoms with Gasteiger partial charge < -0.3 is 19.5 Å². The van der Waals surface area contributed by atoms with E-state index in [-0.39, 0.29) is 18.2 Å². The smallest absolute Gasteiger partial charge is 0.317 e. The standard InChI is InChI=1S/C14H22N4O2/c19-14(16-5-2-7-17-8-6-15-11-17)18-9-10-20-13-4-1-3-12(13)18/h6,8,11-13H,1-5,7,9-10H2,(H,16,19). The van der Waals surface area contributed by atoms with Crippen LogP contribution in [0.5, 0.6) is 0 Å². The molecule has 2 fully saturated rings. The number of nitrogens with one attached hydrogen (secondary N) is 1. The van der Waals surface area contributed by atoms with Crippen LogP contribution in [0.4, 0.5) is 4.79 Å². The molecule has 1 saturated heterocycles. The highest BCUT2D eigenvalue weighted by Crippen LogP contribution is 2.29. The number of hydrogen-bond donors (Lipinski definition) is 1. The first-order valence-corrected chi connectivity index (χ1v) is 7.46. The molecule has 2 aliphatic rings. The molecule has 1 N–H and O–H groups in total. The fourth-order valence-electron chi connectivity index (χ4n) is 3.16. The number of rotatable bonds is 4. The number of imidazole rings is 1. The second-order valence-electron chi connectivity index (χ2n) is 5.49. The maximum Gasteiger partial charge on any atom is 0.317 e. The molecule has 1 aromatic rings. The first-order valence-electron chi connectivity index (χ1n) is 7.46. The summed E-state index contributed by atoms with van der Waals surface area (Å²) in [5.41, 5.74) is 0. The molecule has 1 aromatic heterocycles. The molecule has 6 nitrogen and oxygen atoms in total. The maximum atomic E-state index is 12.2. The summed E-state index contributed by atoms with van der Waals surface area (Å²) >= 11 is 0. The molecule has 2 atom stereocenters. The number of fused-ring (bicyclic) bond motifs is 1. The lowest BCUT2D eigenvalue weighted by Gasteiger charge is -2.37. The van der Waals surface area contributed by atoms with Crippen molar-refractivity contribution in [3.8, 4) is 0 Å². The third kappa shape index (κ3) is 2.95. The summed E-state index contributed by atoms with van der Waals surface area (Å²) in [5.74, 6) is 0. The van der Waals surface area contributed by atoms with Gasteiger partial charge in [-0.3, -0.25) is 0 Å². The molecule has 6 heteroatoms. The summed E-state index contributed by atoms with van der Waals surface area (Å²) in [6, 6.07) is 0.355. The highest BCUT2D eigenvalue weighted by molar-refractivity contribution is 5.74. The van der Waals surface area contributed by atoms with Gasteiger partial charge in [0.2, 0.25) is 0 Å². The summed E-state index contributed by atoms with van der Waals surface area (Å²) in [5, 5.41) is 3.03. The minimum atomic E-state index is 0.0656. The topological polar surface area (TPSA) is 59.4 Å². The molecule has 1 saturated carbocycles. The summed E-state index contributed by atoms with van der Waals surface area (Å²) in [7, 11) is 0. The Labute approximate surface area is 119 Å². The first-order chi connectivity index (χ1) is 9.84. The summed E-state index contributed by atoms with van der Waals surface area (Å²) in [4.78, 5) is 18.2. The van der Waals surface area contributed by atoms with E-state index >= 15 is 0 Å². The third-order valence-electron chi connectivity index (χ3n) is 4.17. The fourth-order valence-corrected chi connectivity index (χ4v) is 3.16. The molecule has 110 valence electrons. The van der Waals surface area contributed by atoms with Gasteiger partial charge in [-0.1, -0.05) is 0 Å². The Bertz CT molecular complexity index is 434. The van der Waals surface area contributed by atoms with Gasteiger partial charge in [0.25, 0.3) is 0 Å². The molecule has 0 aromatic carbocycles. The average molecular weight is 278 g/mol. The van der Waals surface area contributed by atoms with Crippen LogP contribution in [-0.2, 0) is 11.3 Å². The number of hydrogen-bond acceptors (Lipinski definition) is 3. The Hall–Kier alpha value is -1.56. The van der Waals surface area contributed by atoms with Crippen molar-refractivity contribution < 1.29 is 9.53 Å². The van der Waals surface area contributed by atoms with Crippen LogP contribution in [0.3, 0.4) is 0 Å². The molecule has 2 amide bonds. The third-order valence-corrected chi connectivity index (χ3v) is 4.17. The zero-order chi connectivity index (χ0) is 13.8. The first kappa shape index (κ1) is 13.4. The van der Waals surface area contributed by atoms with E-state index < -0.39 is 0 Å². The van der Waals surface area contributed by atoms with E-state index in [0.29, 0.717) is 19.7 Å². The van der Waals surface area contributed by atoms with E-state index in [4.69, 9.17) is 4.74 Å². The number of aryl methyl sites for hydroxylation is 1. The lowest BCUT2D eigenvalue weighted by atomic mass is 10.1. The van der Waals surface area contributed by atoms with Crippen LogP contribution >= 0.6 is 0 Å². The maximum absolute atomic E-state index is 12.2. The zero-order valence-corrected chi connectivity index (χ0v) is 11.7. The van der Waals surface area contributed by atoms with Crippen LogP contribution in [0, 0.1) is 0 Å². The minimum absolute atomic E-state index is 0.0656. The van der Waals surface area contributed by atoms with Gasteiger partial charge in [0.15, 0.2) is 0 Å². The van der Waals surface area contributed by atoms with Crippen molar-refractivity contribution in [1.29, 1.82) is 0 Å². The van der Waals surface area contributed by atoms with Gasteiger partial charge in [0.05, 0.1) is 25.1 Å². The predicted molar refractivity (Wildman–Crippen MR) is 74.3 cm³/mol. The Morgan fingerprint density at radius 3 is 3.25 bits per heavy atom. The largest absolute Gasteiger partial charge is 0.374 e. The van der Waals surface area contributed by atoms with Crippen molar-refractivity contribution in [2.75, 3.05) is 19.7 Å². The van der Waals surface area contributed by atoms with E-state index in [1.54, 1.807) is 12.5 Å². The molecule has 1 aliphatic heterocycles. The lowest BCUT2D eigenvalue weighted by molar-refractivity contribution is -0.0382. The van der Waals surface area contributed by atoms with Gasteiger partial charge in [-0.2, -0.15) is 0 Å². The molecule has 3 rings (SSSR count). The van der Waals surface area contributed by atoms with E-state index in [1.807, 2.05) is 15.7 Å². The lowest BCUT2D eigenvalue weighted by Crippen LogP contribution is -2.54. The van der Waals surface area contributed by atoms with Crippen LogP contribution < -0.4 is 5.32 Å². The zero-order valence-electron chi connectivity index (χ0n) is 11.7. The number of carbonyl (C=O) groups excluding carboxylic acids is 1. The van der Waals surface area contributed by atoms with Crippen LogP contribution in [0.25, 0.3) is 0 Å². The van der Waals surface area contributed by atoms with Crippen molar-refractivity contribution in [2.45, 2.75) is 44.4 Å². The molecular weight excluding hydrogens is 256 g/mol. The van der Waals surface area contributed by atoms with Crippen LogP contribution in [-0.4, -0.2) is 52.3 Å². The summed E-state index contributed by atoms with van der Waals surface area (Å²) < 4.78 is 7.75. The van der Waals surface area contributed by atoms with Crippen molar-refractivity contribution in [2.24, 2.45) is 0 Å². The van der Waals surface area contributed by atoms with Gasteiger partial charge in [0.1, 0.15) is 0 Å². The Morgan fingerprint density at radius 1 is 1.45 bits per heavy atom. The van der Waals surface area contributed by atoms with Crippen LogP contribution in [0.15, 0.2) is 18.7 Å². The van der Waals surface area contributed by atoms with Crippen molar-refractivity contribution >= 4 is 6.03 Å². The minimum Gasteiger partial charge on any atom is -0.374 e. The molecule has 2 heterocycles. The fraction of sp³-hybridized carbons (Fsp3) is 0.714. The quantitative estimate of drug-likeness (QED) is 0.843. The Kier molecular flexibility index (Phi) is 4.20. The van der Waals surface area contributed by atoms with E-state index in [0.717, 1.165) is 25.8 Å². The number of urea groups is 1. The van der Waals surface area contributed by atoms with Gasteiger partial charge in [-0.05, 0) is 25.7 Å². The molecule has 0 bridgehead atoms. The highest BCUT2D eigenvalue weighted by atomic mass is 16.5. The van der Waals surface area contributed by atoms with Crippen molar-refractivity contribution in [3.63, 3.8) is 0 Å². The van der Waals surface area contributed by atoms with Crippen LogP contribution in [0.1, 0.15) is 25.7 Å². The number of ether oxygens (including phenoxy) is 1. The van der Waals surface area contributed by atoms with Crippen molar-refractivity contribution in [1.82, 2.24) is 19.8 Å². The second-order valence-corrected chi connectivity index (χ2v) is 5.49. The number of aromatic nitrogens is 2. The van der Waals surface area contributed by atoms with E-state index in [2.05, 4.69) is 10.3 Å². The summed E-state index contributed by atoms with van der Waals surface area (Å²) in [6.45, 7) is 2.97. The molecule has 0 spiro atoms. The molecular formula is C14H22N4O2. The second kappa shape index (κ2) is 6.26. The molecule has 0 radical (unpaired) electrons. The van der Waals surface area contributed by atoms with Gasteiger partial charge in [0, 0.05) is 32.0 Å². The molecule has 1 aliphatic carbocycles. The number of carbonyl (C=O) groups is 1. The average Bonchev–Trinajstić information content (AvgIpc) is 3.13. The molecule has 2 unspecified atom stereocenters. The highest BCUT2D eigenvalue weighted by Gasteiger charge is 2.38. The Morgan fingerprint density at radius 2 is 2.40 bits per heavy atom. The SMILES string of the molecule is O=C(NCCCn1ccnc1)N1CCOC2CCCC21. The van der Waals surface area contributed by atoms with Gasteiger partial charge in [-0.25, -0.2) is 9.78 Å². The van der Waals surface area contributed by atoms with Crippen molar-refractivity contribution in [3.05, 3.63) is 18.7 Å². The van der Waals surface area contributed by atoms with E-state index in [1.165, 1.54) is 6.42 Å². The number of morpholine rings is 1. The Balaban J connectivity index is 1.42. The van der Waals surface area contributed by atoms with Gasteiger partial charge >= 0.3 is 6.03 Å². The number of nitrogens with zero attached hydrogens (tertiary/aromatic N) is 3. The monoisotopic (exact) mass is 278 g/mol. The van der Waals surface area contributed by atoms with Crippen LogP contribution in [0.2, 0.25) is 0 Å². The van der Waals surface area contributed by atoms with Gasteiger partial charge in [-0.15, -0.1) is 0 Å².